The third-order valence-corrected chi connectivity index (χ3v) is 6.22. The van der Waals surface area contributed by atoms with Gasteiger partial charge in [0.2, 0.25) is 0 Å². The molecule has 0 spiro atoms. The third kappa shape index (κ3) is 5.07. The van der Waals surface area contributed by atoms with E-state index < -0.39 is 5.97 Å². The zero-order valence-corrected chi connectivity index (χ0v) is 20.1. The Morgan fingerprint density at radius 1 is 1.06 bits per heavy atom. The summed E-state index contributed by atoms with van der Waals surface area (Å²) in [7, 11) is 0. The van der Waals surface area contributed by atoms with E-state index in [1.165, 1.54) is 0 Å². The molecule has 1 aromatic heterocycles. The summed E-state index contributed by atoms with van der Waals surface area (Å²) in [6, 6.07) is 12.8. The lowest BCUT2D eigenvalue weighted by Gasteiger charge is -2.17. The highest BCUT2D eigenvalue weighted by Crippen LogP contribution is 2.34. The number of fused-ring (bicyclic) bond motifs is 2. The molecule has 1 aliphatic carbocycles. The Hall–Kier alpha value is -3.38. The first-order chi connectivity index (χ1) is 16.5. The molecule has 0 aliphatic heterocycles. The second-order valence-electron chi connectivity index (χ2n) is 8.28. The predicted octanol–water partition coefficient (Wildman–Crippen LogP) is 5.18. The lowest BCUT2D eigenvalue weighted by Crippen LogP contribution is -2.27. The van der Waals surface area contributed by atoms with Gasteiger partial charge in [-0.25, -0.2) is 4.79 Å². The smallest absolute Gasteiger partial charge is 0.338 e. The SMILES string of the molecule is CCOc1ccc(C=C2CCc3c2oc2ccc(C(=O)OCCN(CC)CC)cc2c3=O)cc1. The number of likely N-dealkylation sites (N-methyl/N-ethyl adjacent to an activating group) is 1. The van der Waals surface area contributed by atoms with Crippen LogP contribution >= 0.6 is 0 Å². The van der Waals surface area contributed by atoms with E-state index in [-0.39, 0.29) is 5.43 Å². The van der Waals surface area contributed by atoms with Crippen molar-refractivity contribution in [2.45, 2.75) is 33.6 Å². The molecule has 1 heterocycles. The maximum atomic E-state index is 13.2. The molecule has 178 valence electrons. The minimum atomic E-state index is -0.426. The fourth-order valence-corrected chi connectivity index (χ4v) is 4.28. The fourth-order valence-electron chi connectivity index (χ4n) is 4.28. The van der Waals surface area contributed by atoms with Crippen LogP contribution in [-0.4, -0.2) is 43.7 Å². The Kier molecular flexibility index (Phi) is 7.48. The number of hydrogen-bond acceptors (Lipinski definition) is 6. The normalized spacial score (nSPS) is 14.1. The molecule has 0 saturated heterocycles. The van der Waals surface area contributed by atoms with Crippen LogP contribution in [0, 0.1) is 0 Å². The lowest BCUT2D eigenvalue weighted by atomic mass is 10.1. The van der Waals surface area contributed by atoms with E-state index in [1.54, 1.807) is 18.2 Å². The summed E-state index contributed by atoms with van der Waals surface area (Å²) >= 11 is 0. The van der Waals surface area contributed by atoms with Crippen LogP contribution < -0.4 is 10.2 Å². The van der Waals surface area contributed by atoms with Crippen molar-refractivity contribution >= 4 is 28.6 Å². The number of nitrogens with zero attached hydrogens (tertiary/aromatic N) is 1. The topological polar surface area (TPSA) is 69.0 Å². The van der Waals surface area contributed by atoms with Gasteiger partial charge >= 0.3 is 5.97 Å². The number of hydrogen-bond donors (Lipinski definition) is 0. The Labute approximate surface area is 199 Å². The number of benzene rings is 2. The molecule has 4 rings (SSSR count). The monoisotopic (exact) mass is 461 g/mol. The molecular formula is C28H31NO5. The molecule has 3 aromatic rings. The summed E-state index contributed by atoms with van der Waals surface area (Å²) in [5.74, 6) is 1.04. The lowest BCUT2D eigenvalue weighted by molar-refractivity contribution is 0.0466. The highest BCUT2D eigenvalue weighted by atomic mass is 16.5. The van der Waals surface area contributed by atoms with Crippen LogP contribution in [0.1, 0.15) is 54.4 Å². The molecule has 0 atom stereocenters. The van der Waals surface area contributed by atoms with E-state index in [2.05, 4.69) is 24.8 Å². The van der Waals surface area contributed by atoms with E-state index in [4.69, 9.17) is 13.9 Å². The number of carbonyl (C=O) groups is 1. The highest BCUT2D eigenvalue weighted by molar-refractivity contribution is 5.95. The van der Waals surface area contributed by atoms with Gasteiger partial charge in [-0.3, -0.25) is 4.79 Å². The van der Waals surface area contributed by atoms with Crippen LogP contribution in [0.25, 0.3) is 22.6 Å². The molecule has 0 saturated carbocycles. The van der Waals surface area contributed by atoms with Crippen molar-refractivity contribution in [3.8, 4) is 5.75 Å². The average Bonchev–Trinajstić information content (AvgIpc) is 3.25. The predicted molar refractivity (Wildman–Crippen MR) is 134 cm³/mol. The first-order valence-electron chi connectivity index (χ1n) is 12.0. The van der Waals surface area contributed by atoms with Gasteiger partial charge in [0, 0.05) is 12.1 Å². The van der Waals surface area contributed by atoms with Gasteiger partial charge in [-0.05, 0) is 80.4 Å². The quantitative estimate of drug-likeness (QED) is 0.409. The maximum Gasteiger partial charge on any atom is 0.338 e. The first kappa shape index (κ1) is 23.8. The minimum absolute atomic E-state index is 0.0795. The van der Waals surface area contributed by atoms with Crippen molar-refractivity contribution in [3.63, 3.8) is 0 Å². The Bertz CT molecular complexity index is 1250. The van der Waals surface area contributed by atoms with E-state index in [9.17, 15) is 9.59 Å². The molecule has 0 unspecified atom stereocenters. The van der Waals surface area contributed by atoms with Gasteiger partial charge in [-0.2, -0.15) is 0 Å². The summed E-state index contributed by atoms with van der Waals surface area (Å²) in [6.45, 7) is 9.55. The van der Waals surface area contributed by atoms with Gasteiger partial charge in [-0.15, -0.1) is 0 Å². The zero-order valence-electron chi connectivity index (χ0n) is 20.1. The van der Waals surface area contributed by atoms with Crippen LogP contribution in [-0.2, 0) is 11.2 Å². The standard InChI is InChI=1S/C28H31NO5/c1-4-29(5-2)15-16-33-28(31)21-10-14-25-24(18-21)26(30)23-13-9-20(27(23)34-25)17-19-7-11-22(12-8-19)32-6-3/h7-8,10-12,14,17-18H,4-6,9,13,15-16H2,1-3H3. The van der Waals surface area contributed by atoms with Crippen LogP contribution in [0.2, 0.25) is 0 Å². The van der Waals surface area contributed by atoms with Gasteiger partial charge in [0.25, 0.3) is 0 Å². The Morgan fingerprint density at radius 3 is 2.53 bits per heavy atom. The van der Waals surface area contributed by atoms with Crippen molar-refractivity contribution in [1.82, 2.24) is 4.90 Å². The second-order valence-corrected chi connectivity index (χ2v) is 8.28. The molecule has 6 heteroatoms. The summed E-state index contributed by atoms with van der Waals surface area (Å²) in [6.07, 6.45) is 3.41. The summed E-state index contributed by atoms with van der Waals surface area (Å²) in [4.78, 5) is 27.9. The molecule has 0 fully saturated rings. The maximum absolute atomic E-state index is 13.2. The average molecular weight is 462 g/mol. The second kappa shape index (κ2) is 10.7. The molecule has 34 heavy (non-hydrogen) atoms. The first-order valence-corrected chi connectivity index (χ1v) is 12.0. The minimum Gasteiger partial charge on any atom is -0.494 e. The Balaban J connectivity index is 1.56. The number of esters is 1. The Morgan fingerprint density at radius 2 is 1.82 bits per heavy atom. The van der Waals surface area contributed by atoms with Gasteiger partial charge in [0.15, 0.2) is 5.43 Å². The van der Waals surface area contributed by atoms with Crippen LogP contribution in [0.15, 0.2) is 51.7 Å². The number of carbonyl (C=O) groups excluding carboxylic acids is 1. The molecule has 1 aliphatic rings. The van der Waals surface area contributed by atoms with Crippen molar-refractivity contribution in [1.29, 1.82) is 0 Å². The van der Waals surface area contributed by atoms with Crippen molar-refractivity contribution < 1.29 is 18.7 Å². The van der Waals surface area contributed by atoms with E-state index in [0.717, 1.165) is 36.4 Å². The largest absolute Gasteiger partial charge is 0.494 e. The number of allylic oxidation sites excluding steroid dienone is 1. The van der Waals surface area contributed by atoms with Gasteiger partial charge in [-0.1, -0.05) is 26.0 Å². The summed E-state index contributed by atoms with van der Waals surface area (Å²) in [5, 5.41) is 0.416. The van der Waals surface area contributed by atoms with Gasteiger partial charge < -0.3 is 18.8 Å². The molecule has 0 bridgehead atoms. The molecule has 0 amide bonds. The molecule has 2 aromatic carbocycles. The molecule has 0 radical (unpaired) electrons. The van der Waals surface area contributed by atoms with Crippen molar-refractivity contribution in [2.24, 2.45) is 0 Å². The van der Waals surface area contributed by atoms with E-state index in [1.807, 2.05) is 31.2 Å². The van der Waals surface area contributed by atoms with Gasteiger partial charge in [0.05, 0.1) is 17.6 Å². The molecule has 0 N–H and O–H groups in total. The summed E-state index contributed by atoms with van der Waals surface area (Å²) in [5.41, 5.74) is 3.45. The van der Waals surface area contributed by atoms with Crippen molar-refractivity contribution in [3.05, 3.63) is 75.1 Å². The zero-order chi connectivity index (χ0) is 24.1. The highest BCUT2D eigenvalue weighted by Gasteiger charge is 2.24. The number of ether oxygens (including phenoxy) is 2. The summed E-state index contributed by atoms with van der Waals surface area (Å²) < 4.78 is 17.1. The van der Waals surface area contributed by atoms with E-state index >= 15 is 0 Å². The van der Waals surface area contributed by atoms with Gasteiger partial charge in [0.1, 0.15) is 23.7 Å². The fraction of sp³-hybridized carbons (Fsp3) is 0.357. The van der Waals surface area contributed by atoms with Crippen LogP contribution in [0.4, 0.5) is 0 Å². The van der Waals surface area contributed by atoms with Crippen molar-refractivity contribution in [2.75, 3.05) is 32.8 Å². The third-order valence-electron chi connectivity index (χ3n) is 6.22. The number of rotatable bonds is 9. The van der Waals surface area contributed by atoms with Crippen LogP contribution in [0.3, 0.4) is 0 Å². The van der Waals surface area contributed by atoms with Crippen LogP contribution in [0.5, 0.6) is 5.75 Å². The van der Waals surface area contributed by atoms with E-state index in [0.29, 0.717) is 54.0 Å². The molecule has 6 nitrogen and oxygen atoms in total. The molecular weight excluding hydrogens is 430 g/mol.